The molecule has 1 aliphatic heterocycles. The van der Waals surface area contributed by atoms with E-state index in [1.807, 2.05) is 11.6 Å². The van der Waals surface area contributed by atoms with Gasteiger partial charge in [0.15, 0.2) is 0 Å². The quantitative estimate of drug-likeness (QED) is 0.824. The third kappa shape index (κ3) is 3.30. The van der Waals surface area contributed by atoms with E-state index in [-0.39, 0.29) is 24.9 Å². The maximum absolute atomic E-state index is 13.0. The fourth-order valence-electron chi connectivity index (χ4n) is 3.42. The molecular formula is C17H24F3N3O. The summed E-state index contributed by atoms with van der Waals surface area (Å²) in [4.78, 5) is 14.2. The van der Waals surface area contributed by atoms with Crippen LogP contribution in [0.2, 0.25) is 0 Å². The average molecular weight is 343 g/mol. The minimum atomic E-state index is -4.24. The zero-order valence-corrected chi connectivity index (χ0v) is 14.1. The van der Waals surface area contributed by atoms with Crippen molar-refractivity contribution in [2.75, 3.05) is 13.1 Å². The standard InChI is InChI=1S/C17H24F3N3O/c1-3-11(2)23-15(12-6-7-12)14(9-21-23)16(24)22-8-4-5-13(10-22)17(18,19)20/h9,11-13H,3-8,10H2,1-2H3. The Morgan fingerprint density at radius 1 is 1.38 bits per heavy atom. The fraction of sp³-hybridized carbons (Fsp3) is 0.765. The number of piperidine rings is 1. The third-order valence-electron chi connectivity index (χ3n) is 5.21. The second kappa shape index (κ2) is 6.41. The van der Waals surface area contributed by atoms with E-state index in [9.17, 15) is 18.0 Å². The molecule has 2 atom stereocenters. The van der Waals surface area contributed by atoms with Crippen LogP contribution in [0.25, 0.3) is 0 Å². The van der Waals surface area contributed by atoms with Gasteiger partial charge in [-0.1, -0.05) is 6.92 Å². The van der Waals surface area contributed by atoms with Gasteiger partial charge < -0.3 is 4.90 Å². The highest BCUT2D eigenvalue weighted by Gasteiger charge is 2.43. The maximum Gasteiger partial charge on any atom is 0.393 e. The molecule has 2 fully saturated rings. The van der Waals surface area contributed by atoms with Gasteiger partial charge in [0.1, 0.15) is 0 Å². The van der Waals surface area contributed by atoms with Gasteiger partial charge in [-0.25, -0.2) is 0 Å². The number of likely N-dealkylation sites (tertiary alicyclic amines) is 1. The Kier molecular flexibility index (Phi) is 4.62. The third-order valence-corrected chi connectivity index (χ3v) is 5.21. The van der Waals surface area contributed by atoms with Gasteiger partial charge in [-0.05, 0) is 39.0 Å². The van der Waals surface area contributed by atoms with E-state index in [0.717, 1.165) is 25.0 Å². The zero-order valence-electron chi connectivity index (χ0n) is 14.1. The van der Waals surface area contributed by atoms with Crippen LogP contribution in [-0.4, -0.2) is 39.9 Å². The number of alkyl halides is 3. The van der Waals surface area contributed by atoms with Gasteiger partial charge in [0.05, 0.1) is 23.4 Å². The largest absolute Gasteiger partial charge is 0.393 e. The number of halogens is 3. The molecule has 0 aromatic carbocycles. The lowest BCUT2D eigenvalue weighted by Gasteiger charge is -2.33. The summed E-state index contributed by atoms with van der Waals surface area (Å²) in [6.45, 7) is 4.27. The first-order valence-corrected chi connectivity index (χ1v) is 8.76. The van der Waals surface area contributed by atoms with Gasteiger partial charge in [-0.2, -0.15) is 18.3 Å². The van der Waals surface area contributed by atoms with Crippen LogP contribution in [-0.2, 0) is 0 Å². The molecule has 1 aromatic heterocycles. The Morgan fingerprint density at radius 3 is 2.67 bits per heavy atom. The van der Waals surface area contributed by atoms with Gasteiger partial charge in [0.2, 0.25) is 0 Å². The summed E-state index contributed by atoms with van der Waals surface area (Å²) in [5, 5.41) is 4.38. The molecule has 2 aliphatic rings. The molecule has 0 radical (unpaired) electrons. The van der Waals surface area contributed by atoms with Crippen LogP contribution in [0, 0.1) is 5.92 Å². The summed E-state index contributed by atoms with van der Waals surface area (Å²) in [5.41, 5.74) is 1.42. The highest BCUT2D eigenvalue weighted by atomic mass is 19.4. The number of hydrogen-bond acceptors (Lipinski definition) is 2. The smallest absolute Gasteiger partial charge is 0.338 e. The topological polar surface area (TPSA) is 38.1 Å². The summed E-state index contributed by atoms with van der Waals surface area (Å²) in [6.07, 6.45) is 0.762. The molecule has 2 heterocycles. The number of nitrogens with zero attached hydrogens (tertiary/aromatic N) is 3. The predicted molar refractivity (Wildman–Crippen MR) is 83.9 cm³/mol. The van der Waals surface area contributed by atoms with Gasteiger partial charge in [0, 0.05) is 25.0 Å². The van der Waals surface area contributed by atoms with Gasteiger partial charge in [0.25, 0.3) is 5.91 Å². The molecule has 1 saturated carbocycles. The second-order valence-corrected chi connectivity index (χ2v) is 7.05. The van der Waals surface area contributed by atoms with Crippen LogP contribution in [0.1, 0.15) is 74.0 Å². The molecule has 1 saturated heterocycles. The molecule has 4 nitrogen and oxygen atoms in total. The Hall–Kier alpha value is -1.53. The number of amides is 1. The Morgan fingerprint density at radius 2 is 2.08 bits per heavy atom. The van der Waals surface area contributed by atoms with E-state index in [1.165, 1.54) is 4.90 Å². The molecule has 134 valence electrons. The van der Waals surface area contributed by atoms with E-state index >= 15 is 0 Å². The lowest BCUT2D eigenvalue weighted by molar-refractivity contribution is -0.184. The Bertz CT molecular complexity index is 607. The van der Waals surface area contributed by atoms with Crippen LogP contribution < -0.4 is 0 Å². The molecular weight excluding hydrogens is 319 g/mol. The van der Waals surface area contributed by atoms with Crippen LogP contribution >= 0.6 is 0 Å². The van der Waals surface area contributed by atoms with Crippen molar-refractivity contribution in [3.8, 4) is 0 Å². The summed E-state index contributed by atoms with van der Waals surface area (Å²) < 4.78 is 40.9. The number of carbonyl (C=O) groups excluding carboxylic acids is 1. The van der Waals surface area contributed by atoms with Gasteiger partial charge in [-0.15, -0.1) is 0 Å². The van der Waals surface area contributed by atoms with Crippen molar-refractivity contribution in [3.63, 3.8) is 0 Å². The van der Waals surface area contributed by atoms with Crippen LogP contribution in [0.5, 0.6) is 0 Å². The number of carbonyl (C=O) groups is 1. The summed E-state index contributed by atoms with van der Waals surface area (Å²) >= 11 is 0. The van der Waals surface area contributed by atoms with E-state index in [2.05, 4.69) is 12.0 Å². The highest BCUT2D eigenvalue weighted by Crippen LogP contribution is 2.43. The van der Waals surface area contributed by atoms with E-state index < -0.39 is 12.1 Å². The van der Waals surface area contributed by atoms with Crippen molar-refractivity contribution >= 4 is 5.91 Å². The molecule has 0 N–H and O–H groups in total. The van der Waals surface area contributed by atoms with Gasteiger partial charge in [-0.3, -0.25) is 9.48 Å². The van der Waals surface area contributed by atoms with Crippen molar-refractivity contribution in [3.05, 3.63) is 17.5 Å². The lowest BCUT2D eigenvalue weighted by Crippen LogP contribution is -2.44. The molecule has 7 heteroatoms. The summed E-state index contributed by atoms with van der Waals surface area (Å²) in [6, 6.07) is 0.187. The first-order chi connectivity index (χ1) is 11.3. The second-order valence-electron chi connectivity index (χ2n) is 7.05. The Balaban J connectivity index is 1.83. The molecule has 1 aromatic rings. The molecule has 1 amide bonds. The predicted octanol–water partition coefficient (Wildman–Crippen LogP) is 4.15. The maximum atomic E-state index is 13.0. The van der Waals surface area contributed by atoms with Crippen molar-refractivity contribution in [1.82, 2.24) is 14.7 Å². The van der Waals surface area contributed by atoms with Crippen LogP contribution in [0.4, 0.5) is 13.2 Å². The average Bonchev–Trinajstić information content (AvgIpc) is 3.31. The molecule has 1 aliphatic carbocycles. The SMILES string of the molecule is CCC(C)n1ncc(C(=O)N2CCCC(C(F)(F)F)C2)c1C1CC1. The molecule has 2 unspecified atom stereocenters. The first-order valence-electron chi connectivity index (χ1n) is 8.76. The Labute approximate surface area is 140 Å². The van der Waals surface area contributed by atoms with Crippen molar-refractivity contribution < 1.29 is 18.0 Å². The van der Waals surface area contributed by atoms with Crippen LogP contribution in [0.15, 0.2) is 6.20 Å². The van der Waals surface area contributed by atoms with Gasteiger partial charge >= 0.3 is 6.18 Å². The molecule has 0 spiro atoms. The monoisotopic (exact) mass is 343 g/mol. The fourth-order valence-corrected chi connectivity index (χ4v) is 3.42. The lowest BCUT2D eigenvalue weighted by atomic mass is 9.96. The minimum absolute atomic E-state index is 0.106. The van der Waals surface area contributed by atoms with Crippen molar-refractivity contribution in [1.29, 1.82) is 0 Å². The highest BCUT2D eigenvalue weighted by molar-refractivity contribution is 5.95. The number of hydrogen-bond donors (Lipinski definition) is 0. The first kappa shape index (κ1) is 17.3. The van der Waals surface area contributed by atoms with Crippen LogP contribution in [0.3, 0.4) is 0 Å². The normalized spacial score (nSPS) is 23.4. The van der Waals surface area contributed by atoms with E-state index in [0.29, 0.717) is 24.4 Å². The van der Waals surface area contributed by atoms with Crippen molar-refractivity contribution in [2.45, 2.75) is 64.1 Å². The zero-order chi connectivity index (χ0) is 17.5. The molecule has 3 rings (SSSR count). The van der Waals surface area contributed by atoms with Crippen molar-refractivity contribution in [2.24, 2.45) is 5.92 Å². The summed E-state index contributed by atoms with van der Waals surface area (Å²) in [7, 11) is 0. The number of rotatable bonds is 4. The number of aromatic nitrogens is 2. The molecule has 24 heavy (non-hydrogen) atoms. The summed E-state index contributed by atoms with van der Waals surface area (Å²) in [5.74, 6) is -1.38. The van der Waals surface area contributed by atoms with E-state index in [1.54, 1.807) is 6.20 Å². The van der Waals surface area contributed by atoms with E-state index in [4.69, 9.17) is 0 Å². The minimum Gasteiger partial charge on any atom is -0.338 e. The molecule has 0 bridgehead atoms.